The van der Waals surface area contributed by atoms with Crippen LogP contribution in [0.5, 0.6) is 0 Å². The fourth-order valence-corrected chi connectivity index (χ4v) is 22.5. The molecule has 4 aliphatic heterocycles. The summed E-state index contributed by atoms with van der Waals surface area (Å²) in [7, 11) is 0. The van der Waals surface area contributed by atoms with E-state index in [1.165, 1.54) is 158 Å². The highest BCUT2D eigenvalue weighted by molar-refractivity contribution is 7.34. The molecule has 0 saturated heterocycles. The fourth-order valence-electron chi connectivity index (χ4n) is 21.1. The smallest absolute Gasteiger partial charge is 0.265 e. The van der Waals surface area contributed by atoms with Gasteiger partial charge < -0.3 is 14.7 Å². The summed E-state index contributed by atoms with van der Waals surface area (Å²) in [6.45, 7) is 50.9. The van der Waals surface area contributed by atoms with Crippen LogP contribution in [-0.2, 0) is 60.6 Å². The minimum atomic E-state index is -0.215. The van der Waals surface area contributed by atoms with E-state index in [1.807, 2.05) is 0 Å². The van der Waals surface area contributed by atoms with Crippen molar-refractivity contribution in [2.75, 3.05) is 14.7 Å². The second-order valence-electron chi connectivity index (χ2n) is 37.2. The van der Waals surface area contributed by atoms with Gasteiger partial charge in [-0.1, -0.05) is 168 Å². The van der Waals surface area contributed by atoms with E-state index in [-0.39, 0.29) is 66.4 Å². The monoisotopic (exact) mass is 1190 g/mol. The van der Waals surface area contributed by atoms with Crippen LogP contribution in [0.15, 0.2) is 96.7 Å². The summed E-state index contributed by atoms with van der Waals surface area (Å²) in [5.41, 5.74) is 32.9. The van der Waals surface area contributed by atoms with E-state index in [1.54, 1.807) is 44.4 Å². The van der Waals surface area contributed by atoms with Crippen LogP contribution in [-0.4, -0.2) is 12.3 Å². The normalized spacial score (nSPS) is 28.2. The third-order valence-corrected chi connectivity index (χ3v) is 29.0. The zero-order valence-corrected chi connectivity index (χ0v) is 58.9. The summed E-state index contributed by atoms with van der Waals surface area (Å²) in [5, 5.41) is 1.44. The van der Waals surface area contributed by atoms with Gasteiger partial charge in [-0.25, -0.2) is 0 Å². The van der Waals surface area contributed by atoms with E-state index in [9.17, 15) is 0 Å². The van der Waals surface area contributed by atoms with E-state index < -0.39 is 0 Å². The summed E-state index contributed by atoms with van der Waals surface area (Å²) in [4.78, 5) is 8.78. The average molecular weight is 1190 g/mol. The van der Waals surface area contributed by atoms with E-state index >= 15 is 0 Å². The zero-order chi connectivity index (χ0) is 62.6. The first-order valence-corrected chi connectivity index (χ1v) is 35.9. The molecule has 5 heteroatoms. The molecule has 17 rings (SSSR count). The summed E-state index contributed by atoms with van der Waals surface area (Å²) in [6, 6.07) is 40.2. The maximum Gasteiger partial charge on any atom is 0.265 e. The van der Waals surface area contributed by atoms with E-state index in [0.717, 1.165) is 12.8 Å². The van der Waals surface area contributed by atoms with Gasteiger partial charge in [-0.2, -0.15) is 0 Å². The van der Waals surface area contributed by atoms with Crippen LogP contribution in [0.2, 0.25) is 0 Å². The van der Waals surface area contributed by atoms with Gasteiger partial charge in [0.1, 0.15) is 0 Å². The third kappa shape index (κ3) is 7.36. The Labute approximate surface area is 539 Å². The number of hydrogen-bond acceptors (Lipinski definition) is 4. The van der Waals surface area contributed by atoms with Crippen molar-refractivity contribution in [3.05, 3.63) is 163 Å². The van der Waals surface area contributed by atoms with Crippen molar-refractivity contribution in [3.8, 4) is 0 Å². The van der Waals surface area contributed by atoms with Crippen molar-refractivity contribution in [3.63, 3.8) is 0 Å². The van der Waals surface area contributed by atoms with Crippen molar-refractivity contribution in [2.24, 2.45) is 5.92 Å². The summed E-state index contributed by atoms with van der Waals surface area (Å²) >= 11 is 2.14. The molecule has 0 spiro atoms. The molecule has 3 nitrogen and oxygen atoms in total. The van der Waals surface area contributed by atoms with Gasteiger partial charge in [0, 0.05) is 66.5 Å². The van der Waals surface area contributed by atoms with Crippen LogP contribution in [0, 0.1) is 5.92 Å². The van der Waals surface area contributed by atoms with Gasteiger partial charge in [-0.15, -0.1) is 11.3 Å². The molecule has 0 amide bonds. The molecule has 4 unspecified atom stereocenters. The van der Waals surface area contributed by atoms with Crippen molar-refractivity contribution in [1.82, 2.24) is 0 Å². The van der Waals surface area contributed by atoms with Gasteiger partial charge in [0.15, 0.2) is 0 Å². The van der Waals surface area contributed by atoms with Crippen LogP contribution in [0.1, 0.15) is 276 Å². The Morgan fingerprint density at radius 2 is 0.978 bits per heavy atom. The lowest BCUT2D eigenvalue weighted by Gasteiger charge is -2.58. The molecule has 0 N–H and O–H groups in total. The van der Waals surface area contributed by atoms with E-state index in [2.05, 4.69) is 256 Å². The predicted molar refractivity (Wildman–Crippen MR) is 383 cm³/mol. The predicted octanol–water partition coefficient (Wildman–Crippen LogP) is 21.6. The van der Waals surface area contributed by atoms with Crippen molar-refractivity contribution >= 4 is 83.7 Å². The quantitative estimate of drug-likeness (QED) is 0.152. The minimum Gasteiger partial charge on any atom is -0.334 e. The summed E-state index contributed by atoms with van der Waals surface area (Å²) in [6.07, 6.45) is 14.1. The lowest BCUT2D eigenvalue weighted by molar-refractivity contribution is 0.0840. The number of fused-ring (bicyclic) bond motifs is 20. The van der Waals surface area contributed by atoms with Gasteiger partial charge in [0.25, 0.3) is 6.71 Å². The Morgan fingerprint density at radius 1 is 0.461 bits per heavy atom. The standard InChI is InChI=1S/C84H100BN3S/c1-74(2,3)49-21-26-65-64(39-49)83(19)28-27-50-47-84(83,20)88(65)53-42-67-71-68(43-53)87(52-23-25-57-63(41-52)82(50,18)36-35-76(57,6)7)72-55-45-61-62(81(16,17)34-33-80(61,14)15)46-69(55)89-73(72)85(71)70-54-44-60-58(77(8,9)31-32-79(60,12)13)37-48(54)38-66(70)86(67)51-22-24-56-59(40-51)78(10,11)30-29-75(56,4)5/h21-26,37,39-46,50H,27-36,38,47H2,1-20H3. The Bertz CT molecular complexity index is 4390. The first-order chi connectivity index (χ1) is 41.5. The topological polar surface area (TPSA) is 9.72 Å². The second-order valence-corrected chi connectivity index (χ2v) is 38.3. The van der Waals surface area contributed by atoms with Crippen molar-refractivity contribution in [1.29, 1.82) is 0 Å². The highest BCUT2D eigenvalue weighted by Gasteiger charge is 2.63. The fraction of sp³-hybridized carbons (Fsp3) is 0.524. The Morgan fingerprint density at radius 3 is 1.60 bits per heavy atom. The molecule has 7 aromatic rings. The molecular formula is C84H100BN3S. The number of allylic oxidation sites excluding steroid dienone is 1. The number of anilines is 7. The molecule has 6 aromatic carbocycles. The van der Waals surface area contributed by atoms with Gasteiger partial charge in [-0.05, 0) is 264 Å². The van der Waals surface area contributed by atoms with Gasteiger partial charge in [0.05, 0.1) is 11.2 Å². The molecule has 4 atom stereocenters. The van der Waals surface area contributed by atoms with Crippen LogP contribution in [0.3, 0.4) is 0 Å². The van der Waals surface area contributed by atoms with Crippen molar-refractivity contribution in [2.45, 2.75) is 275 Å². The van der Waals surface area contributed by atoms with E-state index in [4.69, 9.17) is 0 Å². The molecule has 1 aromatic heterocycles. The number of rotatable bonds is 1. The average Bonchev–Trinajstić information content (AvgIpc) is 1.59. The van der Waals surface area contributed by atoms with Crippen LogP contribution in [0.25, 0.3) is 15.6 Å². The molecule has 0 radical (unpaired) electrons. The Hall–Kier alpha value is -5.52. The summed E-state index contributed by atoms with van der Waals surface area (Å²) < 4.78 is 2.97. The van der Waals surface area contributed by atoms with Gasteiger partial charge in [-0.3, -0.25) is 0 Å². The second kappa shape index (κ2) is 17.2. The van der Waals surface area contributed by atoms with Crippen LogP contribution in [0.4, 0.5) is 39.8 Å². The van der Waals surface area contributed by atoms with Crippen LogP contribution < -0.4 is 24.9 Å². The van der Waals surface area contributed by atoms with Gasteiger partial charge in [0.2, 0.25) is 0 Å². The SMILES string of the molecule is CC(C)(C)c1ccc2c(c1)C1(C)CCC3CC1(C)N2c1cc2c4c(c1)N(c1ccc5c(c1)C3(C)CCC5(C)C)c1c(sc3cc5c(cc13)C(C)(C)CCC5(C)C)B4C1=C(Cc3cc4c(cc31)C(C)(C)CCC4(C)C)N2c1ccc2c(c1)C(C)(C)CCC2(C)C. The maximum atomic E-state index is 2.99. The summed E-state index contributed by atoms with van der Waals surface area (Å²) in [5.74, 6) is 0.506. The molecule has 89 heavy (non-hydrogen) atoms. The Kier molecular flexibility index (Phi) is 11.1. The minimum absolute atomic E-state index is 0.00143. The van der Waals surface area contributed by atoms with Crippen molar-refractivity contribution < 1.29 is 0 Å². The molecule has 1 saturated carbocycles. The van der Waals surface area contributed by atoms with Crippen LogP contribution >= 0.6 is 11.3 Å². The molecule has 10 aliphatic rings. The molecule has 1 fully saturated rings. The van der Waals surface area contributed by atoms with Gasteiger partial charge >= 0.3 is 0 Å². The number of thiophene rings is 1. The highest BCUT2D eigenvalue weighted by atomic mass is 32.1. The molecule has 6 aliphatic carbocycles. The lowest BCUT2D eigenvalue weighted by Crippen LogP contribution is -2.59. The Balaban J connectivity index is 1.05. The zero-order valence-electron chi connectivity index (χ0n) is 58.1. The molecule has 6 bridgehead atoms. The largest absolute Gasteiger partial charge is 0.334 e. The first-order valence-electron chi connectivity index (χ1n) is 35.1. The first kappa shape index (κ1) is 57.4. The molecular weight excluding hydrogens is 1090 g/mol. The molecule has 460 valence electrons. The third-order valence-electron chi connectivity index (χ3n) is 27.8. The number of nitrogens with zero attached hydrogens (tertiary/aromatic N) is 3. The maximum absolute atomic E-state index is 2.99. The molecule has 5 heterocycles. The van der Waals surface area contributed by atoms with E-state index in [0.29, 0.717) is 5.92 Å². The lowest BCUT2D eigenvalue weighted by atomic mass is 9.35. The number of benzene rings is 6. The highest BCUT2D eigenvalue weighted by Crippen LogP contribution is 2.68. The number of hydrogen-bond donors (Lipinski definition) is 0.